The van der Waals surface area contributed by atoms with Crippen molar-refractivity contribution >= 4 is 0 Å². The van der Waals surface area contributed by atoms with Crippen molar-refractivity contribution < 1.29 is 5.21 Å². The Bertz CT molecular complexity index is 141. The summed E-state index contributed by atoms with van der Waals surface area (Å²) in [5.41, 5.74) is 0. The third-order valence-corrected chi connectivity index (χ3v) is 2.48. The van der Waals surface area contributed by atoms with Crippen molar-refractivity contribution in [1.29, 1.82) is 0 Å². The van der Waals surface area contributed by atoms with Crippen LogP contribution in [0.15, 0.2) is 12.7 Å². The van der Waals surface area contributed by atoms with Gasteiger partial charge in [-0.1, -0.05) is 6.08 Å². The molecule has 0 radical (unpaired) electrons. The maximum absolute atomic E-state index is 9.13. The van der Waals surface area contributed by atoms with Gasteiger partial charge in [-0.15, -0.1) is 6.58 Å². The highest BCUT2D eigenvalue weighted by atomic mass is 16.5. The maximum Gasteiger partial charge on any atom is 0.0253 e. The van der Waals surface area contributed by atoms with Crippen LogP contribution in [0, 0.1) is 0 Å². The molecule has 1 aliphatic heterocycles. The lowest BCUT2D eigenvalue weighted by atomic mass is 10.1. The average molecular weight is 170 g/mol. The molecule has 70 valence electrons. The summed E-state index contributed by atoms with van der Waals surface area (Å²) < 4.78 is 0. The number of nitrogens with zero attached hydrogens (tertiary/aromatic N) is 2. The van der Waals surface area contributed by atoms with E-state index in [1.807, 2.05) is 6.08 Å². The summed E-state index contributed by atoms with van der Waals surface area (Å²) in [7, 11) is 2.11. The zero-order valence-corrected chi connectivity index (χ0v) is 7.74. The molecule has 1 saturated heterocycles. The molecule has 0 amide bonds. The van der Waals surface area contributed by atoms with Crippen molar-refractivity contribution in [2.45, 2.75) is 18.9 Å². The molecule has 3 heteroatoms. The fourth-order valence-electron chi connectivity index (χ4n) is 1.65. The Morgan fingerprint density at radius 2 is 2.17 bits per heavy atom. The monoisotopic (exact) mass is 170 g/mol. The quantitative estimate of drug-likeness (QED) is 0.639. The Kier molecular flexibility index (Phi) is 3.72. The molecular formula is C9H18N2O. The number of piperidine rings is 1. The van der Waals surface area contributed by atoms with Gasteiger partial charge >= 0.3 is 0 Å². The molecule has 0 aliphatic carbocycles. The van der Waals surface area contributed by atoms with Crippen LogP contribution in [0.25, 0.3) is 0 Å². The van der Waals surface area contributed by atoms with E-state index in [-0.39, 0.29) is 0 Å². The SMILES string of the molecule is C=CCN(C)C1CCN(O)CC1. The zero-order chi connectivity index (χ0) is 8.97. The molecule has 1 aliphatic rings. The lowest BCUT2D eigenvalue weighted by molar-refractivity contribution is -0.114. The Morgan fingerprint density at radius 1 is 1.58 bits per heavy atom. The summed E-state index contributed by atoms with van der Waals surface area (Å²) in [5, 5.41) is 10.5. The van der Waals surface area contributed by atoms with E-state index < -0.39 is 0 Å². The molecule has 0 saturated carbocycles. The van der Waals surface area contributed by atoms with Crippen molar-refractivity contribution in [2.75, 3.05) is 26.7 Å². The molecule has 1 heterocycles. The van der Waals surface area contributed by atoms with Gasteiger partial charge in [0, 0.05) is 25.7 Å². The first-order chi connectivity index (χ1) is 5.74. The molecule has 0 aromatic heterocycles. The number of likely N-dealkylation sites (N-methyl/N-ethyl adjacent to an activating group) is 1. The van der Waals surface area contributed by atoms with Crippen molar-refractivity contribution in [1.82, 2.24) is 9.96 Å². The Morgan fingerprint density at radius 3 is 2.67 bits per heavy atom. The van der Waals surface area contributed by atoms with E-state index >= 15 is 0 Å². The van der Waals surface area contributed by atoms with Gasteiger partial charge in [0.1, 0.15) is 0 Å². The van der Waals surface area contributed by atoms with E-state index in [4.69, 9.17) is 5.21 Å². The van der Waals surface area contributed by atoms with E-state index in [0.29, 0.717) is 6.04 Å². The fraction of sp³-hybridized carbons (Fsp3) is 0.778. The standard InChI is InChI=1S/C9H18N2O/c1-3-6-10(2)9-4-7-11(12)8-5-9/h3,9,12H,1,4-8H2,2H3. The second-order valence-corrected chi connectivity index (χ2v) is 3.41. The van der Waals surface area contributed by atoms with Gasteiger partial charge in [0.25, 0.3) is 0 Å². The van der Waals surface area contributed by atoms with Gasteiger partial charge in [-0.3, -0.25) is 4.90 Å². The van der Waals surface area contributed by atoms with Gasteiger partial charge in [-0.25, -0.2) is 0 Å². The van der Waals surface area contributed by atoms with Crippen LogP contribution in [0.1, 0.15) is 12.8 Å². The van der Waals surface area contributed by atoms with E-state index in [1.54, 1.807) is 0 Å². The maximum atomic E-state index is 9.13. The molecule has 0 spiro atoms. The van der Waals surface area contributed by atoms with E-state index in [2.05, 4.69) is 18.5 Å². The largest absolute Gasteiger partial charge is 0.314 e. The van der Waals surface area contributed by atoms with Gasteiger partial charge in [0.2, 0.25) is 0 Å². The molecule has 0 unspecified atom stereocenters. The predicted molar refractivity (Wildman–Crippen MR) is 49.2 cm³/mol. The number of hydroxylamine groups is 2. The van der Waals surface area contributed by atoms with Crippen molar-refractivity contribution in [3.05, 3.63) is 12.7 Å². The molecule has 0 aromatic carbocycles. The van der Waals surface area contributed by atoms with Gasteiger partial charge in [-0.05, 0) is 19.9 Å². The second kappa shape index (κ2) is 4.60. The van der Waals surface area contributed by atoms with E-state index in [9.17, 15) is 0 Å². The molecule has 0 atom stereocenters. The Labute approximate surface area is 74.2 Å². The first-order valence-corrected chi connectivity index (χ1v) is 4.49. The summed E-state index contributed by atoms with van der Waals surface area (Å²) in [4.78, 5) is 2.29. The van der Waals surface area contributed by atoms with Crippen LogP contribution in [0.4, 0.5) is 0 Å². The third-order valence-electron chi connectivity index (χ3n) is 2.48. The van der Waals surface area contributed by atoms with Crippen molar-refractivity contribution in [2.24, 2.45) is 0 Å². The predicted octanol–water partition coefficient (Wildman–Crippen LogP) is 0.958. The van der Waals surface area contributed by atoms with Crippen LogP contribution >= 0.6 is 0 Å². The molecule has 12 heavy (non-hydrogen) atoms. The number of hydrogen-bond donors (Lipinski definition) is 1. The minimum Gasteiger partial charge on any atom is -0.314 e. The van der Waals surface area contributed by atoms with Crippen LogP contribution in [0.2, 0.25) is 0 Å². The van der Waals surface area contributed by atoms with Crippen LogP contribution in [0.3, 0.4) is 0 Å². The molecule has 3 nitrogen and oxygen atoms in total. The van der Waals surface area contributed by atoms with E-state index in [1.165, 1.54) is 5.06 Å². The molecule has 0 bridgehead atoms. The minimum absolute atomic E-state index is 0.617. The van der Waals surface area contributed by atoms with Crippen molar-refractivity contribution in [3.8, 4) is 0 Å². The molecule has 0 aromatic rings. The number of rotatable bonds is 3. The highest BCUT2D eigenvalue weighted by Crippen LogP contribution is 2.13. The normalized spacial score (nSPS) is 21.6. The third kappa shape index (κ3) is 2.59. The summed E-state index contributed by atoms with van der Waals surface area (Å²) in [6.07, 6.45) is 4.03. The topological polar surface area (TPSA) is 26.7 Å². The molecular weight excluding hydrogens is 152 g/mol. The fourth-order valence-corrected chi connectivity index (χ4v) is 1.65. The van der Waals surface area contributed by atoms with Crippen LogP contribution in [-0.2, 0) is 0 Å². The molecule has 1 fully saturated rings. The van der Waals surface area contributed by atoms with E-state index in [0.717, 1.165) is 32.5 Å². The summed E-state index contributed by atoms with van der Waals surface area (Å²) in [6, 6.07) is 0.617. The van der Waals surface area contributed by atoms with Gasteiger partial charge in [0.15, 0.2) is 0 Å². The highest BCUT2D eigenvalue weighted by Gasteiger charge is 2.20. The van der Waals surface area contributed by atoms with Gasteiger partial charge in [0.05, 0.1) is 0 Å². The van der Waals surface area contributed by atoms with Crippen LogP contribution in [0.5, 0.6) is 0 Å². The summed E-state index contributed by atoms with van der Waals surface area (Å²) >= 11 is 0. The molecule has 1 rings (SSSR count). The van der Waals surface area contributed by atoms with Crippen molar-refractivity contribution in [3.63, 3.8) is 0 Å². The smallest absolute Gasteiger partial charge is 0.0253 e. The summed E-state index contributed by atoms with van der Waals surface area (Å²) in [5.74, 6) is 0. The second-order valence-electron chi connectivity index (χ2n) is 3.41. The van der Waals surface area contributed by atoms with Gasteiger partial charge in [-0.2, -0.15) is 5.06 Å². The Balaban J connectivity index is 2.28. The minimum atomic E-state index is 0.617. The first-order valence-electron chi connectivity index (χ1n) is 4.49. The van der Waals surface area contributed by atoms with Crippen LogP contribution < -0.4 is 0 Å². The Hall–Kier alpha value is -0.380. The average Bonchev–Trinajstić information content (AvgIpc) is 2.06. The lowest BCUT2D eigenvalue weighted by Crippen LogP contribution is -2.42. The molecule has 1 N–H and O–H groups in total. The zero-order valence-electron chi connectivity index (χ0n) is 7.74. The first kappa shape index (κ1) is 9.71. The highest BCUT2D eigenvalue weighted by molar-refractivity contribution is 4.80. The lowest BCUT2D eigenvalue weighted by Gasteiger charge is -2.33. The number of hydrogen-bond acceptors (Lipinski definition) is 3. The van der Waals surface area contributed by atoms with Crippen LogP contribution in [-0.4, -0.2) is 47.9 Å². The van der Waals surface area contributed by atoms with Gasteiger partial charge < -0.3 is 5.21 Å². The summed E-state index contributed by atoms with van der Waals surface area (Å²) in [6.45, 7) is 6.25.